The van der Waals surface area contributed by atoms with Gasteiger partial charge in [-0.1, -0.05) is 30.1 Å². The number of hydrogen-bond donors (Lipinski definition) is 2. The summed E-state index contributed by atoms with van der Waals surface area (Å²) in [5.74, 6) is -0.205. The largest absolute Gasteiger partial charge is 0.318 e. The average molecular weight is 263 g/mol. The third-order valence-electron chi connectivity index (χ3n) is 2.23. The first kappa shape index (κ1) is 13.2. The Morgan fingerprint density at radius 1 is 1.56 bits per heavy atom. The molecule has 0 fully saturated rings. The summed E-state index contributed by atoms with van der Waals surface area (Å²) in [6.45, 7) is 3.44. The van der Waals surface area contributed by atoms with Gasteiger partial charge in [0.15, 0.2) is 11.0 Å². The summed E-state index contributed by atoms with van der Waals surface area (Å²) in [6, 6.07) is 0. The average Bonchev–Trinajstić information content (AvgIpc) is 2.24. The molecule has 0 aliphatic carbocycles. The van der Waals surface area contributed by atoms with Crippen LogP contribution in [0.5, 0.6) is 0 Å². The fourth-order valence-electron chi connectivity index (χ4n) is 0.846. The van der Waals surface area contributed by atoms with Crippen molar-refractivity contribution in [2.45, 2.75) is 25.8 Å². The normalized spacial score (nSPS) is 14.3. The molecule has 0 saturated heterocycles. The van der Waals surface area contributed by atoms with Crippen molar-refractivity contribution in [2.24, 2.45) is 5.73 Å². The van der Waals surface area contributed by atoms with Gasteiger partial charge in [-0.15, -0.1) is 0 Å². The monoisotopic (exact) mass is 262 g/mol. The third-order valence-corrected chi connectivity index (χ3v) is 2.97. The third kappa shape index (κ3) is 2.81. The Morgan fingerprint density at radius 2 is 2.19 bits per heavy atom. The van der Waals surface area contributed by atoms with E-state index < -0.39 is 5.54 Å². The van der Waals surface area contributed by atoms with Gasteiger partial charge in [0.25, 0.3) is 0 Å². The van der Waals surface area contributed by atoms with Crippen molar-refractivity contribution in [1.82, 2.24) is 9.97 Å². The standard InChI is InChI=1S/C9H12Cl2N4O/c1-3-9(2,12)8(16)15-7-5(10)6(11)13-4-14-7/h4H,3,12H2,1-2H3,(H,13,14,15,16). The number of nitrogens with one attached hydrogen (secondary N) is 1. The molecule has 0 bridgehead atoms. The van der Waals surface area contributed by atoms with Crippen molar-refractivity contribution in [2.75, 3.05) is 5.32 Å². The summed E-state index contributed by atoms with van der Waals surface area (Å²) in [5, 5.41) is 2.70. The van der Waals surface area contributed by atoms with Crippen LogP contribution >= 0.6 is 23.2 Å². The van der Waals surface area contributed by atoms with Crippen LogP contribution in [-0.2, 0) is 4.79 Å². The van der Waals surface area contributed by atoms with Crippen LogP contribution in [0.4, 0.5) is 5.82 Å². The van der Waals surface area contributed by atoms with Gasteiger partial charge in [-0.3, -0.25) is 4.79 Å². The van der Waals surface area contributed by atoms with E-state index in [9.17, 15) is 4.79 Å². The molecule has 0 saturated carbocycles. The summed E-state index contributed by atoms with van der Waals surface area (Å²) in [4.78, 5) is 19.2. The molecule has 0 spiro atoms. The highest BCUT2D eigenvalue weighted by Gasteiger charge is 2.27. The van der Waals surface area contributed by atoms with Crippen LogP contribution in [0.1, 0.15) is 20.3 Å². The molecule has 16 heavy (non-hydrogen) atoms. The minimum atomic E-state index is -0.971. The summed E-state index contributed by atoms with van der Waals surface area (Å²) >= 11 is 11.5. The van der Waals surface area contributed by atoms with Gasteiger partial charge in [0.1, 0.15) is 11.3 Å². The maximum atomic E-state index is 11.7. The van der Waals surface area contributed by atoms with Gasteiger partial charge in [-0.05, 0) is 13.3 Å². The van der Waals surface area contributed by atoms with Crippen LogP contribution in [0.15, 0.2) is 6.33 Å². The fraction of sp³-hybridized carbons (Fsp3) is 0.444. The number of anilines is 1. The second kappa shape index (κ2) is 4.95. The van der Waals surface area contributed by atoms with Crippen LogP contribution < -0.4 is 11.1 Å². The molecule has 1 amide bonds. The molecule has 1 aromatic rings. The zero-order valence-corrected chi connectivity index (χ0v) is 10.4. The quantitative estimate of drug-likeness (QED) is 0.815. The molecule has 0 aromatic carbocycles. The van der Waals surface area contributed by atoms with Gasteiger partial charge < -0.3 is 11.1 Å². The predicted octanol–water partition coefficient (Wildman–Crippen LogP) is 1.85. The highest BCUT2D eigenvalue weighted by atomic mass is 35.5. The van der Waals surface area contributed by atoms with E-state index in [4.69, 9.17) is 28.9 Å². The number of aromatic nitrogens is 2. The number of hydrogen-bond acceptors (Lipinski definition) is 4. The molecule has 0 radical (unpaired) electrons. The molecule has 3 N–H and O–H groups in total. The van der Waals surface area contributed by atoms with E-state index in [0.29, 0.717) is 6.42 Å². The Labute approximate surface area is 103 Å². The van der Waals surface area contributed by atoms with Crippen molar-refractivity contribution in [1.29, 1.82) is 0 Å². The number of nitrogens with zero attached hydrogens (tertiary/aromatic N) is 2. The Bertz CT molecular complexity index is 408. The second-order valence-electron chi connectivity index (χ2n) is 3.55. The molecular weight excluding hydrogens is 251 g/mol. The van der Waals surface area contributed by atoms with Crippen LogP contribution in [0, 0.1) is 0 Å². The first-order valence-electron chi connectivity index (χ1n) is 4.65. The predicted molar refractivity (Wildman–Crippen MR) is 63.6 cm³/mol. The fourth-order valence-corrected chi connectivity index (χ4v) is 1.12. The second-order valence-corrected chi connectivity index (χ2v) is 4.29. The maximum absolute atomic E-state index is 11.7. The topological polar surface area (TPSA) is 80.9 Å². The van der Waals surface area contributed by atoms with E-state index in [2.05, 4.69) is 15.3 Å². The van der Waals surface area contributed by atoms with Gasteiger partial charge in [0.05, 0.1) is 5.54 Å². The van der Waals surface area contributed by atoms with Crippen LogP contribution in [0.3, 0.4) is 0 Å². The van der Waals surface area contributed by atoms with Crippen molar-refractivity contribution in [3.63, 3.8) is 0 Å². The Hall–Kier alpha value is -0.910. The lowest BCUT2D eigenvalue weighted by molar-refractivity contribution is -0.120. The summed E-state index contributed by atoms with van der Waals surface area (Å²) < 4.78 is 0. The van der Waals surface area contributed by atoms with Gasteiger partial charge in [0.2, 0.25) is 5.91 Å². The molecule has 1 atom stereocenters. The minimum Gasteiger partial charge on any atom is -0.318 e. The summed E-state index contributed by atoms with van der Waals surface area (Å²) in [6.07, 6.45) is 1.71. The number of amides is 1. The molecule has 1 rings (SSSR count). The summed E-state index contributed by atoms with van der Waals surface area (Å²) in [7, 11) is 0. The molecule has 0 aliphatic heterocycles. The SMILES string of the molecule is CCC(C)(N)C(=O)Nc1ncnc(Cl)c1Cl. The lowest BCUT2D eigenvalue weighted by Crippen LogP contribution is -2.48. The number of carbonyl (C=O) groups excluding carboxylic acids is 1. The minimum absolute atomic E-state index is 0.0854. The van der Waals surface area contributed by atoms with E-state index in [1.807, 2.05) is 6.92 Å². The van der Waals surface area contributed by atoms with E-state index >= 15 is 0 Å². The van der Waals surface area contributed by atoms with Crippen LogP contribution in [-0.4, -0.2) is 21.4 Å². The van der Waals surface area contributed by atoms with Crippen LogP contribution in [0.2, 0.25) is 10.2 Å². The number of nitrogens with two attached hydrogens (primary N) is 1. The molecule has 1 aromatic heterocycles. The molecule has 7 heteroatoms. The number of carbonyl (C=O) groups is 1. The molecular formula is C9H12Cl2N4O. The maximum Gasteiger partial charge on any atom is 0.245 e. The van der Waals surface area contributed by atoms with E-state index in [1.165, 1.54) is 6.33 Å². The summed E-state index contributed by atoms with van der Waals surface area (Å²) in [5.41, 5.74) is 4.79. The highest BCUT2D eigenvalue weighted by Crippen LogP contribution is 2.25. The Morgan fingerprint density at radius 3 is 2.75 bits per heavy atom. The Balaban J connectivity index is 2.90. The van der Waals surface area contributed by atoms with E-state index in [0.717, 1.165) is 0 Å². The van der Waals surface area contributed by atoms with E-state index in [1.54, 1.807) is 6.92 Å². The molecule has 5 nitrogen and oxygen atoms in total. The van der Waals surface area contributed by atoms with Gasteiger partial charge in [-0.25, -0.2) is 9.97 Å². The zero-order valence-electron chi connectivity index (χ0n) is 8.92. The Kier molecular flexibility index (Phi) is 4.07. The van der Waals surface area contributed by atoms with Crippen molar-refractivity contribution in [3.8, 4) is 0 Å². The van der Waals surface area contributed by atoms with Crippen molar-refractivity contribution in [3.05, 3.63) is 16.5 Å². The molecule has 1 heterocycles. The van der Waals surface area contributed by atoms with Gasteiger partial charge >= 0.3 is 0 Å². The van der Waals surface area contributed by atoms with Crippen molar-refractivity contribution < 1.29 is 4.79 Å². The lowest BCUT2D eigenvalue weighted by atomic mass is 10.00. The van der Waals surface area contributed by atoms with E-state index in [-0.39, 0.29) is 21.9 Å². The lowest BCUT2D eigenvalue weighted by Gasteiger charge is -2.21. The number of halogens is 2. The first-order valence-corrected chi connectivity index (χ1v) is 5.40. The first-order chi connectivity index (χ1) is 7.38. The van der Waals surface area contributed by atoms with Gasteiger partial charge in [0, 0.05) is 0 Å². The molecule has 0 aliphatic rings. The molecule has 88 valence electrons. The number of rotatable bonds is 3. The smallest absolute Gasteiger partial charge is 0.245 e. The van der Waals surface area contributed by atoms with Gasteiger partial charge in [-0.2, -0.15) is 0 Å². The van der Waals surface area contributed by atoms with Crippen LogP contribution in [0.25, 0.3) is 0 Å². The van der Waals surface area contributed by atoms with Crippen molar-refractivity contribution >= 4 is 34.9 Å². The molecule has 1 unspecified atom stereocenters. The highest BCUT2D eigenvalue weighted by molar-refractivity contribution is 6.42. The zero-order chi connectivity index (χ0) is 12.3.